The fourth-order valence-electron chi connectivity index (χ4n) is 2.56. The van der Waals surface area contributed by atoms with Crippen LogP contribution < -0.4 is 10.2 Å². The molecule has 1 saturated heterocycles. The molecular weight excluding hydrogens is 250 g/mol. The van der Waals surface area contributed by atoms with E-state index in [9.17, 15) is 4.79 Å². The minimum absolute atomic E-state index is 0.0289. The number of anilines is 1. The second kappa shape index (κ2) is 6.73. The molecule has 0 saturated carbocycles. The molecule has 1 aromatic rings. The van der Waals surface area contributed by atoms with Gasteiger partial charge in [-0.3, -0.25) is 9.78 Å². The van der Waals surface area contributed by atoms with Gasteiger partial charge in [-0.25, -0.2) is 0 Å². The summed E-state index contributed by atoms with van der Waals surface area (Å²) in [6.45, 7) is 8.47. The van der Waals surface area contributed by atoms with E-state index in [4.69, 9.17) is 0 Å². The molecule has 1 aliphatic rings. The van der Waals surface area contributed by atoms with Gasteiger partial charge in [0.25, 0.3) is 5.91 Å². The van der Waals surface area contributed by atoms with Gasteiger partial charge in [0.15, 0.2) is 0 Å². The minimum Gasteiger partial charge on any atom is -0.370 e. The van der Waals surface area contributed by atoms with E-state index >= 15 is 0 Å². The summed E-state index contributed by atoms with van der Waals surface area (Å²) in [6.07, 6.45) is 6.94. The van der Waals surface area contributed by atoms with Crippen molar-refractivity contribution in [1.82, 2.24) is 10.3 Å². The summed E-state index contributed by atoms with van der Waals surface area (Å²) in [7, 11) is 0. The number of carbonyl (C=O) groups excluding carboxylic acids is 1. The topological polar surface area (TPSA) is 45.2 Å². The summed E-state index contributed by atoms with van der Waals surface area (Å²) < 4.78 is 0. The van der Waals surface area contributed by atoms with Crippen LogP contribution in [0.2, 0.25) is 0 Å². The molecule has 1 fully saturated rings. The van der Waals surface area contributed by atoms with Crippen LogP contribution in [0.5, 0.6) is 0 Å². The first-order chi connectivity index (χ1) is 9.60. The first-order valence-corrected chi connectivity index (χ1v) is 7.61. The quantitative estimate of drug-likeness (QED) is 0.919. The highest BCUT2D eigenvalue weighted by atomic mass is 16.1. The van der Waals surface area contributed by atoms with E-state index in [1.807, 2.05) is 19.2 Å². The van der Waals surface area contributed by atoms with Crippen LogP contribution >= 0.6 is 0 Å². The zero-order valence-electron chi connectivity index (χ0n) is 12.7. The van der Waals surface area contributed by atoms with E-state index in [0.717, 1.165) is 25.2 Å². The molecule has 20 heavy (non-hydrogen) atoms. The SMILES string of the molecule is CCC(C)NC(=O)c1cncc(N2CCCC(C)C2)c1. The molecule has 0 spiro atoms. The molecule has 0 radical (unpaired) electrons. The van der Waals surface area contributed by atoms with Crippen molar-refractivity contribution in [2.45, 2.75) is 46.1 Å². The summed E-state index contributed by atoms with van der Waals surface area (Å²) in [5.74, 6) is 0.681. The van der Waals surface area contributed by atoms with Crippen LogP contribution in [-0.4, -0.2) is 30.0 Å². The lowest BCUT2D eigenvalue weighted by molar-refractivity contribution is 0.0939. The standard InChI is InChI=1S/C16H25N3O/c1-4-13(3)18-16(20)14-8-15(10-17-9-14)19-7-5-6-12(2)11-19/h8-10,12-13H,4-7,11H2,1-3H3,(H,18,20). The molecule has 2 unspecified atom stereocenters. The second-order valence-corrected chi connectivity index (χ2v) is 5.91. The molecule has 1 N–H and O–H groups in total. The Hall–Kier alpha value is -1.58. The predicted octanol–water partition coefficient (Wildman–Crippen LogP) is 2.85. The Morgan fingerprint density at radius 3 is 3.05 bits per heavy atom. The lowest BCUT2D eigenvalue weighted by atomic mass is 10.00. The monoisotopic (exact) mass is 275 g/mol. The lowest BCUT2D eigenvalue weighted by Gasteiger charge is -2.32. The van der Waals surface area contributed by atoms with Gasteiger partial charge in [-0.2, -0.15) is 0 Å². The maximum Gasteiger partial charge on any atom is 0.253 e. The van der Waals surface area contributed by atoms with Gasteiger partial charge >= 0.3 is 0 Å². The van der Waals surface area contributed by atoms with Crippen molar-refractivity contribution in [2.75, 3.05) is 18.0 Å². The number of hydrogen-bond donors (Lipinski definition) is 1. The highest BCUT2D eigenvalue weighted by Crippen LogP contribution is 2.22. The molecule has 1 amide bonds. The molecule has 1 aliphatic heterocycles. The van der Waals surface area contributed by atoms with E-state index < -0.39 is 0 Å². The molecule has 2 heterocycles. The Balaban J connectivity index is 2.09. The molecule has 0 aromatic carbocycles. The summed E-state index contributed by atoms with van der Waals surface area (Å²) in [5, 5.41) is 2.99. The Morgan fingerprint density at radius 1 is 1.55 bits per heavy atom. The first kappa shape index (κ1) is 14.8. The van der Waals surface area contributed by atoms with Crippen molar-refractivity contribution in [2.24, 2.45) is 5.92 Å². The van der Waals surface area contributed by atoms with Gasteiger partial charge in [-0.15, -0.1) is 0 Å². The predicted molar refractivity (Wildman–Crippen MR) is 82.1 cm³/mol. The molecule has 2 rings (SSSR count). The number of aromatic nitrogens is 1. The van der Waals surface area contributed by atoms with Crippen molar-refractivity contribution in [3.63, 3.8) is 0 Å². The zero-order chi connectivity index (χ0) is 14.5. The number of amides is 1. The van der Waals surface area contributed by atoms with Gasteiger partial charge in [-0.1, -0.05) is 13.8 Å². The molecular formula is C16H25N3O. The summed E-state index contributed by atoms with van der Waals surface area (Å²) >= 11 is 0. The van der Waals surface area contributed by atoms with Crippen molar-refractivity contribution in [3.05, 3.63) is 24.0 Å². The molecule has 4 nitrogen and oxygen atoms in total. The molecule has 1 aromatic heterocycles. The van der Waals surface area contributed by atoms with Gasteiger partial charge in [0, 0.05) is 25.3 Å². The zero-order valence-corrected chi connectivity index (χ0v) is 12.7. The normalized spacial score (nSPS) is 20.6. The van der Waals surface area contributed by atoms with E-state index in [-0.39, 0.29) is 11.9 Å². The third kappa shape index (κ3) is 3.71. The Kier molecular flexibility index (Phi) is 4.99. The largest absolute Gasteiger partial charge is 0.370 e. The highest BCUT2D eigenvalue weighted by molar-refractivity contribution is 5.94. The number of carbonyl (C=O) groups is 1. The summed E-state index contributed by atoms with van der Waals surface area (Å²) in [6, 6.07) is 2.16. The minimum atomic E-state index is -0.0289. The number of piperidine rings is 1. The van der Waals surface area contributed by atoms with E-state index in [1.54, 1.807) is 6.20 Å². The molecule has 110 valence electrons. The molecule has 0 aliphatic carbocycles. The second-order valence-electron chi connectivity index (χ2n) is 5.91. The van der Waals surface area contributed by atoms with Gasteiger partial charge in [-0.05, 0) is 38.2 Å². The summed E-state index contributed by atoms with van der Waals surface area (Å²) in [5.41, 5.74) is 1.72. The Labute approximate surface area is 121 Å². The van der Waals surface area contributed by atoms with Gasteiger partial charge in [0.05, 0.1) is 17.4 Å². The fourth-order valence-corrected chi connectivity index (χ4v) is 2.56. The van der Waals surface area contributed by atoms with Gasteiger partial charge in [0.1, 0.15) is 0 Å². The average molecular weight is 275 g/mol. The van der Waals surface area contributed by atoms with Crippen LogP contribution in [0.3, 0.4) is 0 Å². The number of hydrogen-bond acceptors (Lipinski definition) is 3. The van der Waals surface area contributed by atoms with Gasteiger partial charge in [0.2, 0.25) is 0 Å². The molecule has 0 bridgehead atoms. The highest BCUT2D eigenvalue weighted by Gasteiger charge is 2.18. The van der Waals surface area contributed by atoms with E-state index in [2.05, 4.69) is 29.0 Å². The maximum absolute atomic E-state index is 12.1. The van der Waals surface area contributed by atoms with Crippen LogP contribution in [0.4, 0.5) is 5.69 Å². The van der Waals surface area contributed by atoms with Crippen LogP contribution in [0.1, 0.15) is 50.4 Å². The Bertz CT molecular complexity index is 461. The lowest BCUT2D eigenvalue weighted by Crippen LogP contribution is -2.35. The van der Waals surface area contributed by atoms with Crippen molar-refractivity contribution < 1.29 is 4.79 Å². The van der Waals surface area contributed by atoms with Crippen LogP contribution in [0.25, 0.3) is 0 Å². The van der Waals surface area contributed by atoms with Crippen LogP contribution in [-0.2, 0) is 0 Å². The van der Waals surface area contributed by atoms with Crippen molar-refractivity contribution in [3.8, 4) is 0 Å². The van der Waals surface area contributed by atoms with Crippen molar-refractivity contribution in [1.29, 1.82) is 0 Å². The number of nitrogens with one attached hydrogen (secondary N) is 1. The van der Waals surface area contributed by atoms with E-state index in [0.29, 0.717) is 11.5 Å². The van der Waals surface area contributed by atoms with Crippen LogP contribution in [0.15, 0.2) is 18.5 Å². The Morgan fingerprint density at radius 2 is 2.35 bits per heavy atom. The van der Waals surface area contributed by atoms with E-state index in [1.165, 1.54) is 12.8 Å². The van der Waals surface area contributed by atoms with Crippen LogP contribution in [0, 0.1) is 5.92 Å². The maximum atomic E-state index is 12.1. The van der Waals surface area contributed by atoms with Gasteiger partial charge < -0.3 is 10.2 Å². The third-order valence-corrected chi connectivity index (χ3v) is 4.00. The smallest absolute Gasteiger partial charge is 0.253 e. The number of nitrogens with zero attached hydrogens (tertiary/aromatic N) is 2. The molecule has 4 heteroatoms. The van der Waals surface area contributed by atoms with Crippen molar-refractivity contribution >= 4 is 11.6 Å². The number of rotatable bonds is 4. The molecule has 2 atom stereocenters. The number of pyridine rings is 1. The third-order valence-electron chi connectivity index (χ3n) is 4.00. The summed E-state index contributed by atoms with van der Waals surface area (Å²) in [4.78, 5) is 18.7. The average Bonchev–Trinajstić information content (AvgIpc) is 2.47. The fraction of sp³-hybridized carbons (Fsp3) is 0.625. The first-order valence-electron chi connectivity index (χ1n) is 7.61.